The fraction of sp³-hybridized carbons (Fsp3) is 0. The molecular formula is C51H32N2. The lowest BCUT2D eigenvalue weighted by Gasteiger charge is -2.14. The molecule has 11 aromatic rings. The summed E-state index contributed by atoms with van der Waals surface area (Å²) >= 11 is 0. The van der Waals surface area contributed by atoms with Crippen LogP contribution in [0.25, 0.3) is 104 Å². The molecule has 0 amide bonds. The lowest BCUT2D eigenvalue weighted by atomic mass is 9.94. The first-order chi connectivity index (χ1) is 26.3. The van der Waals surface area contributed by atoms with Gasteiger partial charge in [-0.2, -0.15) is 0 Å². The summed E-state index contributed by atoms with van der Waals surface area (Å²) in [4.78, 5) is 5.36. The van der Waals surface area contributed by atoms with Gasteiger partial charge in [0.05, 0.1) is 22.2 Å². The van der Waals surface area contributed by atoms with Crippen LogP contribution in [0.2, 0.25) is 0 Å². The van der Waals surface area contributed by atoms with Crippen molar-refractivity contribution in [3.8, 4) is 39.2 Å². The van der Waals surface area contributed by atoms with Gasteiger partial charge in [-0.3, -0.25) is 0 Å². The molecule has 0 atom stereocenters. The molecule has 0 aliphatic heterocycles. The standard InChI is InChI=1S/C51H32N2/c1-2-15-42(16-3-1)53-47-20-9-7-18-44(47)50-48(53)28-27-45-49(50)43-17-6-8-19-46(43)52-51(45)41-14-10-13-35(32-41)36-23-24-40-31-39(26-25-38(40)30-36)37-22-21-33-11-4-5-12-34(33)29-37/h1-32H. The average Bonchev–Trinajstić information content (AvgIpc) is 3.57. The number of hydrogen-bond acceptors (Lipinski definition) is 1. The Morgan fingerprint density at radius 2 is 0.906 bits per heavy atom. The molecule has 0 aliphatic rings. The third-order valence-electron chi connectivity index (χ3n) is 10.9. The van der Waals surface area contributed by atoms with Crippen molar-refractivity contribution in [3.05, 3.63) is 194 Å². The number of hydrogen-bond donors (Lipinski definition) is 0. The van der Waals surface area contributed by atoms with Crippen molar-refractivity contribution in [1.82, 2.24) is 9.55 Å². The van der Waals surface area contributed by atoms with Crippen LogP contribution in [0.1, 0.15) is 0 Å². The number of rotatable bonds is 4. The van der Waals surface area contributed by atoms with Gasteiger partial charge in [0.25, 0.3) is 0 Å². The highest BCUT2D eigenvalue weighted by Gasteiger charge is 2.19. The summed E-state index contributed by atoms with van der Waals surface area (Å²) in [6, 6.07) is 70.4. The van der Waals surface area contributed by atoms with Crippen molar-refractivity contribution in [2.75, 3.05) is 0 Å². The van der Waals surface area contributed by atoms with E-state index in [2.05, 4.69) is 199 Å². The van der Waals surface area contributed by atoms with Gasteiger partial charge in [0.15, 0.2) is 0 Å². The molecule has 0 saturated heterocycles. The minimum atomic E-state index is 0.998. The van der Waals surface area contributed by atoms with Crippen molar-refractivity contribution >= 4 is 65.0 Å². The molecule has 0 fully saturated rings. The van der Waals surface area contributed by atoms with Crippen molar-refractivity contribution in [1.29, 1.82) is 0 Å². The number of nitrogens with zero attached hydrogens (tertiary/aromatic N) is 2. The quantitative estimate of drug-likeness (QED) is 0.170. The summed E-state index contributed by atoms with van der Waals surface area (Å²) in [7, 11) is 0. The normalized spacial score (nSPS) is 11.8. The highest BCUT2D eigenvalue weighted by molar-refractivity contribution is 6.29. The van der Waals surface area contributed by atoms with Gasteiger partial charge in [0.1, 0.15) is 0 Å². The third kappa shape index (κ3) is 4.77. The Hall–Kier alpha value is -7.03. The van der Waals surface area contributed by atoms with E-state index in [1.165, 1.54) is 76.4 Å². The van der Waals surface area contributed by atoms with Gasteiger partial charge >= 0.3 is 0 Å². The Morgan fingerprint density at radius 3 is 1.68 bits per heavy atom. The molecule has 0 spiro atoms. The maximum absolute atomic E-state index is 5.36. The Labute approximate surface area is 306 Å². The van der Waals surface area contributed by atoms with Crippen LogP contribution in [0.4, 0.5) is 0 Å². The third-order valence-corrected chi connectivity index (χ3v) is 10.9. The van der Waals surface area contributed by atoms with Crippen LogP contribution in [0, 0.1) is 0 Å². The van der Waals surface area contributed by atoms with Crippen LogP contribution in [0.15, 0.2) is 194 Å². The second kappa shape index (κ2) is 11.8. The lowest BCUT2D eigenvalue weighted by molar-refractivity contribution is 1.18. The summed E-state index contributed by atoms with van der Waals surface area (Å²) < 4.78 is 2.39. The second-order valence-corrected chi connectivity index (χ2v) is 14.0. The number of aromatic nitrogens is 2. The molecule has 2 nitrogen and oxygen atoms in total. The molecule has 9 aromatic carbocycles. The summed E-state index contributed by atoms with van der Waals surface area (Å²) in [5.41, 5.74) is 11.5. The molecule has 11 rings (SSSR count). The molecule has 2 heteroatoms. The maximum atomic E-state index is 5.36. The van der Waals surface area contributed by atoms with Gasteiger partial charge in [0.2, 0.25) is 0 Å². The first-order valence-electron chi connectivity index (χ1n) is 18.2. The van der Waals surface area contributed by atoms with Gasteiger partial charge in [-0.05, 0) is 98.4 Å². The van der Waals surface area contributed by atoms with Gasteiger partial charge in [0, 0.05) is 38.2 Å². The Morgan fingerprint density at radius 1 is 0.321 bits per heavy atom. The first-order valence-corrected chi connectivity index (χ1v) is 18.2. The van der Waals surface area contributed by atoms with Crippen LogP contribution in [0.5, 0.6) is 0 Å². The molecule has 53 heavy (non-hydrogen) atoms. The Kier molecular flexibility index (Phi) is 6.59. The van der Waals surface area contributed by atoms with Crippen molar-refractivity contribution < 1.29 is 0 Å². The predicted molar refractivity (Wildman–Crippen MR) is 225 cm³/mol. The molecule has 0 unspecified atom stereocenters. The molecule has 0 saturated carbocycles. The Bertz CT molecular complexity index is 3220. The molecule has 2 aromatic heterocycles. The minimum absolute atomic E-state index is 0.998. The average molecular weight is 673 g/mol. The van der Waals surface area contributed by atoms with Crippen LogP contribution in [0.3, 0.4) is 0 Å². The molecule has 0 aliphatic carbocycles. The van der Waals surface area contributed by atoms with E-state index >= 15 is 0 Å². The van der Waals surface area contributed by atoms with Gasteiger partial charge in [-0.15, -0.1) is 0 Å². The SMILES string of the molecule is c1ccc(-n2c3ccccc3c3c4c(ccc32)c(-c2cccc(-c3ccc5cc(-c6ccc7ccccc7c6)ccc5c3)c2)nc2ccccc24)cc1. The zero-order valence-corrected chi connectivity index (χ0v) is 28.9. The first kappa shape index (κ1) is 29.7. The zero-order valence-electron chi connectivity index (χ0n) is 28.9. The fourth-order valence-electron chi connectivity index (χ4n) is 8.40. The van der Waals surface area contributed by atoms with Gasteiger partial charge < -0.3 is 4.57 Å². The topological polar surface area (TPSA) is 17.8 Å². The van der Waals surface area contributed by atoms with E-state index < -0.39 is 0 Å². The minimum Gasteiger partial charge on any atom is -0.309 e. The van der Waals surface area contributed by atoms with E-state index in [1.807, 2.05) is 0 Å². The van der Waals surface area contributed by atoms with Crippen LogP contribution >= 0.6 is 0 Å². The Balaban J connectivity index is 1.06. The van der Waals surface area contributed by atoms with E-state index in [4.69, 9.17) is 4.98 Å². The van der Waals surface area contributed by atoms with Crippen LogP contribution in [-0.2, 0) is 0 Å². The largest absolute Gasteiger partial charge is 0.309 e. The molecular weight excluding hydrogens is 641 g/mol. The zero-order chi connectivity index (χ0) is 34.9. The number of benzene rings is 9. The van der Waals surface area contributed by atoms with E-state index in [0.29, 0.717) is 0 Å². The number of fused-ring (bicyclic) bond motifs is 9. The molecule has 0 N–H and O–H groups in total. The highest BCUT2D eigenvalue weighted by Crippen LogP contribution is 2.43. The van der Waals surface area contributed by atoms with E-state index in [-0.39, 0.29) is 0 Å². The number of para-hydroxylation sites is 3. The maximum Gasteiger partial charge on any atom is 0.0788 e. The van der Waals surface area contributed by atoms with Crippen LogP contribution in [-0.4, -0.2) is 9.55 Å². The summed E-state index contributed by atoms with van der Waals surface area (Å²) in [6.45, 7) is 0. The van der Waals surface area contributed by atoms with E-state index in [0.717, 1.165) is 27.8 Å². The molecule has 246 valence electrons. The van der Waals surface area contributed by atoms with Crippen LogP contribution < -0.4 is 0 Å². The van der Waals surface area contributed by atoms with Crippen molar-refractivity contribution in [3.63, 3.8) is 0 Å². The van der Waals surface area contributed by atoms with E-state index in [9.17, 15) is 0 Å². The summed E-state index contributed by atoms with van der Waals surface area (Å²) in [6.07, 6.45) is 0. The fourth-order valence-corrected chi connectivity index (χ4v) is 8.40. The van der Waals surface area contributed by atoms with Gasteiger partial charge in [-0.25, -0.2) is 4.98 Å². The molecule has 2 heterocycles. The molecule has 0 bridgehead atoms. The molecule has 0 radical (unpaired) electrons. The summed E-state index contributed by atoms with van der Waals surface area (Å²) in [5.74, 6) is 0. The lowest BCUT2D eigenvalue weighted by Crippen LogP contribution is -1.94. The monoisotopic (exact) mass is 672 g/mol. The number of pyridine rings is 1. The predicted octanol–water partition coefficient (Wildman–Crippen LogP) is 13.8. The van der Waals surface area contributed by atoms with E-state index in [1.54, 1.807) is 0 Å². The second-order valence-electron chi connectivity index (χ2n) is 14.0. The van der Waals surface area contributed by atoms with Gasteiger partial charge in [-0.1, -0.05) is 140 Å². The summed E-state index contributed by atoms with van der Waals surface area (Å²) in [5, 5.41) is 11.1. The van der Waals surface area contributed by atoms with Crippen molar-refractivity contribution in [2.24, 2.45) is 0 Å². The van der Waals surface area contributed by atoms with Crippen molar-refractivity contribution in [2.45, 2.75) is 0 Å². The highest BCUT2D eigenvalue weighted by atomic mass is 15.0. The smallest absolute Gasteiger partial charge is 0.0788 e.